The molecule has 0 aliphatic carbocycles. The van der Waals surface area contributed by atoms with E-state index in [1.165, 1.54) is 13.2 Å². The summed E-state index contributed by atoms with van der Waals surface area (Å²) >= 11 is 0. The number of carbonyl (C=O) groups is 1. The lowest BCUT2D eigenvalue weighted by Gasteiger charge is -2.32. The summed E-state index contributed by atoms with van der Waals surface area (Å²) in [4.78, 5) is 33.0. The third-order valence-electron chi connectivity index (χ3n) is 4.34. The van der Waals surface area contributed by atoms with Gasteiger partial charge < -0.3 is 14.4 Å². The SMILES string of the molecule is COc1nccc(OC2CCCN(C(=O)Cc3ccccc3[N+](=O)[O-])C2)n1. The summed E-state index contributed by atoms with van der Waals surface area (Å²) in [6, 6.07) is 8.16. The molecule has 0 radical (unpaired) electrons. The van der Waals surface area contributed by atoms with Crippen molar-refractivity contribution in [3.63, 3.8) is 0 Å². The molecular formula is C18H20N4O5. The Balaban J connectivity index is 1.63. The number of piperidine rings is 1. The first kappa shape index (κ1) is 18.6. The fourth-order valence-electron chi connectivity index (χ4n) is 3.03. The number of carbonyl (C=O) groups excluding carboxylic acids is 1. The maximum absolute atomic E-state index is 12.6. The molecule has 0 saturated carbocycles. The largest absolute Gasteiger partial charge is 0.472 e. The van der Waals surface area contributed by atoms with Crippen molar-refractivity contribution < 1.29 is 19.2 Å². The smallest absolute Gasteiger partial charge is 0.319 e. The maximum Gasteiger partial charge on any atom is 0.319 e. The van der Waals surface area contributed by atoms with Crippen molar-refractivity contribution in [1.29, 1.82) is 0 Å². The molecule has 1 aliphatic heterocycles. The Morgan fingerprint density at radius 1 is 1.37 bits per heavy atom. The number of likely N-dealkylation sites (tertiary alicyclic amines) is 1. The van der Waals surface area contributed by atoms with Gasteiger partial charge in [0.1, 0.15) is 6.10 Å². The predicted molar refractivity (Wildman–Crippen MR) is 95.6 cm³/mol. The number of nitro benzene ring substituents is 1. The minimum absolute atomic E-state index is 0.00873. The normalized spacial score (nSPS) is 16.6. The van der Waals surface area contributed by atoms with Crippen molar-refractivity contribution in [1.82, 2.24) is 14.9 Å². The van der Waals surface area contributed by atoms with Crippen LogP contribution in [0, 0.1) is 10.1 Å². The van der Waals surface area contributed by atoms with Crippen molar-refractivity contribution in [3.05, 3.63) is 52.2 Å². The number of hydrogen-bond acceptors (Lipinski definition) is 7. The second-order valence-electron chi connectivity index (χ2n) is 6.17. The summed E-state index contributed by atoms with van der Waals surface area (Å²) in [5.41, 5.74) is 0.375. The Morgan fingerprint density at radius 2 is 2.19 bits per heavy atom. The number of ether oxygens (including phenoxy) is 2. The van der Waals surface area contributed by atoms with E-state index in [1.807, 2.05) is 0 Å². The third kappa shape index (κ3) is 4.69. The highest BCUT2D eigenvalue weighted by Crippen LogP contribution is 2.21. The fourth-order valence-corrected chi connectivity index (χ4v) is 3.03. The van der Waals surface area contributed by atoms with Crippen LogP contribution in [-0.4, -0.2) is 52.0 Å². The van der Waals surface area contributed by atoms with Gasteiger partial charge in [-0.25, -0.2) is 4.98 Å². The zero-order valence-electron chi connectivity index (χ0n) is 14.9. The van der Waals surface area contributed by atoms with Crippen LogP contribution in [0.4, 0.5) is 5.69 Å². The van der Waals surface area contributed by atoms with E-state index in [0.717, 1.165) is 12.8 Å². The van der Waals surface area contributed by atoms with E-state index in [-0.39, 0.29) is 30.1 Å². The molecule has 1 unspecified atom stereocenters. The lowest BCUT2D eigenvalue weighted by molar-refractivity contribution is -0.385. The first-order valence-electron chi connectivity index (χ1n) is 8.60. The van der Waals surface area contributed by atoms with Crippen LogP contribution in [0.5, 0.6) is 11.9 Å². The Bertz CT molecular complexity index is 829. The summed E-state index contributed by atoms with van der Waals surface area (Å²) in [7, 11) is 1.48. The molecule has 9 heteroatoms. The second kappa shape index (κ2) is 8.43. The first-order chi connectivity index (χ1) is 13.1. The van der Waals surface area contributed by atoms with Gasteiger partial charge in [0.15, 0.2) is 0 Å². The maximum atomic E-state index is 12.6. The van der Waals surface area contributed by atoms with E-state index in [4.69, 9.17) is 9.47 Å². The molecule has 27 heavy (non-hydrogen) atoms. The summed E-state index contributed by atoms with van der Waals surface area (Å²) in [6.07, 6.45) is 2.91. The molecule has 1 fully saturated rings. The van der Waals surface area contributed by atoms with Crippen molar-refractivity contribution >= 4 is 11.6 Å². The summed E-state index contributed by atoms with van der Waals surface area (Å²) < 4.78 is 10.8. The Morgan fingerprint density at radius 3 is 2.96 bits per heavy atom. The number of nitro groups is 1. The van der Waals surface area contributed by atoms with Crippen LogP contribution in [0.3, 0.4) is 0 Å². The molecule has 1 saturated heterocycles. The lowest BCUT2D eigenvalue weighted by atomic mass is 10.1. The van der Waals surface area contributed by atoms with Gasteiger partial charge in [-0.1, -0.05) is 18.2 Å². The van der Waals surface area contributed by atoms with Crippen molar-refractivity contribution in [2.45, 2.75) is 25.4 Å². The Kier molecular flexibility index (Phi) is 5.80. The van der Waals surface area contributed by atoms with E-state index in [0.29, 0.717) is 24.5 Å². The van der Waals surface area contributed by atoms with Crippen LogP contribution in [0.15, 0.2) is 36.5 Å². The summed E-state index contributed by atoms with van der Waals surface area (Å²) in [6.45, 7) is 1.01. The molecule has 0 spiro atoms. The second-order valence-corrected chi connectivity index (χ2v) is 6.17. The number of aromatic nitrogens is 2. The van der Waals surface area contributed by atoms with E-state index < -0.39 is 4.92 Å². The number of nitrogens with zero attached hydrogens (tertiary/aromatic N) is 4. The van der Waals surface area contributed by atoms with Crippen molar-refractivity contribution in [3.8, 4) is 11.9 Å². The summed E-state index contributed by atoms with van der Waals surface area (Å²) in [5, 5.41) is 11.1. The van der Waals surface area contributed by atoms with E-state index in [1.54, 1.807) is 35.4 Å². The van der Waals surface area contributed by atoms with Crippen LogP contribution in [0.25, 0.3) is 0 Å². The molecule has 1 amide bonds. The van der Waals surface area contributed by atoms with Crippen molar-refractivity contribution in [2.75, 3.05) is 20.2 Å². The molecular weight excluding hydrogens is 352 g/mol. The van der Waals surface area contributed by atoms with E-state index in [9.17, 15) is 14.9 Å². The van der Waals surface area contributed by atoms with Gasteiger partial charge in [-0.15, -0.1) is 0 Å². The molecule has 3 rings (SSSR count). The molecule has 0 bridgehead atoms. The quantitative estimate of drug-likeness (QED) is 0.564. The lowest BCUT2D eigenvalue weighted by Crippen LogP contribution is -2.45. The average molecular weight is 372 g/mol. The molecule has 0 N–H and O–H groups in total. The van der Waals surface area contributed by atoms with Gasteiger partial charge in [0.25, 0.3) is 5.69 Å². The molecule has 142 valence electrons. The van der Waals surface area contributed by atoms with Gasteiger partial charge in [0.05, 0.1) is 25.0 Å². The highest BCUT2D eigenvalue weighted by Gasteiger charge is 2.27. The highest BCUT2D eigenvalue weighted by atomic mass is 16.6. The fraction of sp³-hybridized carbons (Fsp3) is 0.389. The average Bonchev–Trinajstić information content (AvgIpc) is 2.68. The predicted octanol–water partition coefficient (Wildman–Crippen LogP) is 2.01. The number of benzene rings is 1. The number of para-hydroxylation sites is 1. The number of amides is 1. The first-order valence-corrected chi connectivity index (χ1v) is 8.60. The monoisotopic (exact) mass is 372 g/mol. The zero-order chi connectivity index (χ0) is 19.2. The third-order valence-corrected chi connectivity index (χ3v) is 4.34. The van der Waals surface area contributed by atoms with Gasteiger partial charge in [-0.05, 0) is 12.8 Å². The molecule has 2 heterocycles. The van der Waals surface area contributed by atoms with Crippen LogP contribution in [-0.2, 0) is 11.2 Å². The standard InChI is InChI=1S/C18H20N4O5/c1-26-18-19-9-8-16(20-18)27-14-6-4-10-21(12-14)17(23)11-13-5-2-3-7-15(13)22(24)25/h2-3,5,7-9,14H,4,6,10-12H2,1H3. The Labute approximate surface area is 156 Å². The number of rotatable bonds is 6. The van der Waals surface area contributed by atoms with Gasteiger partial charge in [-0.3, -0.25) is 14.9 Å². The van der Waals surface area contributed by atoms with Gasteiger partial charge in [0.2, 0.25) is 11.8 Å². The molecule has 2 aromatic rings. The van der Waals surface area contributed by atoms with Crippen LogP contribution >= 0.6 is 0 Å². The molecule has 1 aliphatic rings. The molecule has 1 atom stereocenters. The topological polar surface area (TPSA) is 108 Å². The van der Waals surface area contributed by atoms with Gasteiger partial charge >= 0.3 is 6.01 Å². The molecule has 9 nitrogen and oxygen atoms in total. The Hall–Kier alpha value is -3.23. The highest BCUT2D eigenvalue weighted by molar-refractivity contribution is 5.80. The van der Waals surface area contributed by atoms with Crippen molar-refractivity contribution in [2.24, 2.45) is 0 Å². The van der Waals surface area contributed by atoms with Crippen LogP contribution < -0.4 is 9.47 Å². The molecule has 1 aromatic carbocycles. The molecule has 1 aromatic heterocycles. The van der Waals surface area contributed by atoms with Crippen LogP contribution in [0.1, 0.15) is 18.4 Å². The number of methoxy groups -OCH3 is 1. The van der Waals surface area contributed by atoms with E-state index >= 15 is 0 Å². The van der Waals surface area contributed by atoms with Gasteiger partial charge in [-0.2, -0.15) is 4.98 Å². The van der Waals surface area contributed by atoms with E-state index in [2.05, 4.69) is 9.97 Å². The number of hydrogen-bond donors (Lipinski definition) is 0. The minimum Gasteiger partial charge on any atom is -0.472 e. The van der Waals surface area contributed by atoms with Gasteiger partial charge in [0, 0.05) is 30.4 Å². The van der Waals surface area contributed by atoms with Crippen LogP contribution in [0.2, 0.25) is 0 Å². The minimum atomic E-state index is -0.465. The zero-order valence-corrected chi connectivity index (χ0v) is 14.9. The summed E-state index contributed by atoms with van der Waals surface area (Å²) in [5.74, 6) is 0.234.